The third-order valence-electron chi connectivity index (χ3n) is 3.82. The minimum atomic E-state index is -0.341. The van der Waals surface area contributed by atoms with Gasteiger partial charge >= 0.3 is 0 Å². The molecule has 0 saturated carbocycles. The molecular formula is C19H23N3O3. The Hall–Kier alpha value is -2.89. The second-order valence-corrected chi connectivity index (χ2v) is 6.15. The van der Waals surface area contributed by atoms with Gasteiger partial charge in [0.05, 0.1) is 5.56 Å². The molecule has 2 amide bonds. The highest BCUT2D eigenvalue weighted by Crippen LogP contribution is 2.09. The Morgan fingerprint density at radius 3 is 2.48 bits per heavy atom. The molecule has 25 heavy (non-hydrogen) atoms. The van der Waals surface area contributed by atoms with E-state index < -0.39 is 0 Å². The molecule has 2 rings (SSSR count). The standard InChI is InChI=1S/C19H23N3O3/c1-21(2)18(24)15-12-16(19(25)22(3)13-15)20-17(23)11-7-10-14-8-5-4-6-9-14/h4-6,8-9,12-13H,7,10-11H2,1-3H3,(H,20,23). The van der Waals surface area contributed by atoms with Crippen LogP contribution in [0.2, 0.25) is 0 Å². The van der Waals surface area contributed by atoms with Gasteiger partial charge in [-0.25, -0.2) is 0 Å². The largest absolute Gasteiger partial charge is 0.345 e. The first-order chi connectivity index (χ1) is 11.9. The summed E-state index contributed by atoms with van der Waals surface area (Å²) in [5.41, 5.74) is 1.31. The molecule has 1 heterocycles. The van der Waals surface area contributed by atoms with E-state index in [1.54, 1.807) is 21.1 Å². The summed E-state index contributed by atoms with van der Waals surface area (Å²) in [6, 6.07) is 11.3. The zero-order valence-electron chi connectivity index (χ0n) is 14.8. The summed E-state index contributed by atoms with van der Waals surface area (Å²) in [6.07, 6.45) is 3.26. The predicted octanol–water partition coefficient (Wildman–Crippen LogP) is 2.05. The number of amides is 2. The Balaban J connectivity index is 2.02. The molecule has 0 unspecified atom stereocenters. The number of rotatable bonds is 6. The van der Waals surface area contributed by atoms with Crippen molar-refractivity contribution in [2.24, 2.45) is 7.05 Å². The molecule has 132 valence electrons. The molecule has 0 bridgehead atoms. The van der Waals surface area contributed by atoms with Crippen LogP contribution in [-0.4, -0.2) is 35.4 Å². The van der Waals surface area contributed by atoms with Crippen LogP contribution in [0.3, 0.4) is 0 Å². The van der Waals surface area contributed by atoms with Crippen molar-refractivity contribution in [3.63, 3.8) is 0 Å². The van der Waals surface area contributed by atoms with Gasteiger partial charge in [0, 0.05) is 33.8 Å². The number of hydrogen-bond donors (Lipinski definition) is 1. The van der Waals surface area contributed by atoms with Crippen LogP contribution in [0.15, 0.2) is 47.4 Å². The number of carbonyl (C=O) groups excluding carboxylic acids is 2. The molecule has 0 aliphatic rings. The smallest absolute Gasteiger partial charge is 0.274 e. The van der Waals surface area contributed by atoms with E-state index in [0.29, 0.717) is 18.4 Å². The fraction of sp³-hybridized carbons (Fsp3) is 0.316. The average Bonchev–Trinajstić information content (AvgIpc) is 2.59. The Morgan fingerprint density at radius 2 is 1.84 bits per heavy atom. The van der Waals surface area contributed by atoms with Crippen molar-refractivity contribution in [1.82, 2.24) is 9.47 Å². The van der Waals surface area contributed by atoms with Crippen LogP contribution in [0.1, 0.15) is 28.8 Å². The predicted molar refractivity (Wildman–Crippen MR) is 97.7 cm³/mol. The molecular weight excluding hydrogens is 318 g/mol. The maximum Gasteiger partial charge on any atom is 0.274 e. The number of aromatic nitrogens is 1. The zero-order chi connectivity index (χ0) is 18.4. The molecule has 2 aromatic rings. The topological polar surface area (TPSA) is 71.4 Å². The third-order valence-corrected chi connectivity index (χ3v) is 3.82. The van der Waals surface area contributed by atoms with Gasteiger partial charge in [0.1, 0.15) is 5.69 Å². The summed E-state index contributed by atoms with van der Waals surface area (Å²) < 4.78 is 1.30. The highest BCUT2D eigenvalue weighted by molar-refractivity contribution is 5.96. The molecule has 0 aliphatic carbocycles. The molecule has 0 saturated heterocycles. The number of aryl methyl sites for hydroxylation is 2. The molecule has 6 nitrogen and oxygen atoms in total. The van der Waals surface area contributed by atoms with Crippen molar-refractivity contribution in [2.75, 3.05) is 19.4 Å². The minimum Gasteiger partial charge on any atom is -0.345 e. The van der Waals surface area contributed by atoms with E-state index in [1.807, 2.05) is 30.3 Å². The van der Waals surface area contributed by atoms with E-state index in [4.69, 9.17) is 0 Å². The van der Waals surface area contributed by atoms with Crippen molar-refractivity contribution in [2.45, 2.75) is 19.3 Å². The number of carbonyl (C=O) groups is 2. The fourth-order valence-electron chi connectivity index (χ4n) is 2.49. The summed E-state index contributed by atoms with van der Waals surface area (Å²) in [6.45, 7) is 0. The molecule has 0 aliphatic heterocycles. The lowest BCUT2D eigenvalue weighted by atomic mass is 10.1. The Morgan fingerprint density at radius 1 is 1.16 bits per heavy atom. The summed E-state index contributed by atoms with van der Waals surface area (Å²) in [7, 11) is 4.82. The Labute approximate surface area is 147 Å². The Bertz CT molecular complexity index is 810. The fourth-order valence-corrected chi connectivity index (χ4v) is 2.49. The van der Waals surface area contributed by atoms with Crippen LogP contribution < -0.4 is 10.9 Å². The van der Waals surface area contributed by atoms with Gasteiger partial charge < -0.3 is 14.8 Å². The SMILES string of the molecule is CN(C)C(=O)c1cc(NC(=O)CCCc2ccccc2)c(=O)n(C)c1. The first-order valence-electron chi connectivity index (χ1n) is 8.14. The van der Waals surface area contributed by atoms with E-state index in [1.165, 1.54) is 27.3 Å². The lowest BCUT2D eigenvalue weighted by Gasteiger charge is -2.13. The summed E-state index contributed by atoms with van der Waals surface area (Å²) in [5, 5.41) is 2.63. The van der Waals surface area contributed by atoms with Gasteiger partial charge in [-0.1, -0.05) is 30.3 Å². The van der Waals surface area contributed by atoms with Crippen molar-refractivity contribution in [1.29, 1.82) is 0 Å². The van der Waals surface area contributed by atoms with E-state index in [-0.39, 0.29) is 23.1 Å². The molecule has 0 spiro atoms. The lowest BCUT2D eigenvalue weighted by molar-refractivity contribution is -0.116. The van der Waals surface area contributed by atoms with Crippen LogP contribution in [0.25, 0.3) is 0 Å². The second kappa shape index (κ2) is 8.28. The van der Waals surface area contributed by atoms with Gasteiger partial charge in [0.15, 0.2) is 0 Å². The number of nitrogens with one attached hydrogen (secondary N) is 1. The number of pyridine rings is 1. The summed E-state index contributed by atoms with van der Waals surface area (Å²) >= 11 is 0. The number of anilines is 1. The molecule has 0 radical (unpaired) electrons. The van der Waals surface area contributed by atoms with E-state index in [2.05, 4.69) is 5.32 Å². The maximum absolute atomic E-state index is 12.2. The first kappa shape index (κ1) is 18.4. The van der Waals surface area contributed by atoms with Crippen molar-refractivity contribution >= 4 is 17.5 Å². The quantitative estimate of drug-likeness (QED) is 0.874. The van der Waals surface area contributed by atoms with Crippen molar-refractivity contribution < 1.29 is 9.59 Å². The molecule has 0 atom stereocenters. The van der Waals surface area contributed by atoms with Crippen LogP contribution in [0, 0.1) is 0 Å². The third kappa shape index (κ3) is 5.04. The highest BCUT2D eigenvalue weighted by atomic mass is 16.2. The van der Waals surface area contributed by atoms with Crippen LogP contribution >= 0.6 is 0 Å². The van der Waals surface area contributed by atoms with Gasteiger partial charge in [-0.2, -0.15) is 0 Å². The summed E-state index contributed by atoms with van der Waals surface area (Å²) in [4.78, 5) is 37.8. The van der Waals surface area contributed by atoms with Crippen LogP contribution in [-0.2, 0) is 18.3 Å². The molecule has 1 aromatic heterocycles. The van der Waals surface area contributed by atoms with E-state index >= 15 is 0 Å². The molecule has 1 aromatic carbocycles. The lowest BCUT2D eigenvalue weighted by Crippen LogP contribution is -2.28. The average molecular weight is 341 g/mol. The maximum atomic E-state index is 12.2. The highest BCUT2D eigenvalue weighted by Gasteiger charge is 2.14. The van der Waals surface area contributed by atoms with Gasteiger partial charge in [-0.05, 0) is 24.5 Å². The van der Waals surface area contributed by atoms with E-state index in [9.17, 15) is 14.4 Å². The van der Waals surface area contributed by atoms with Gasteiger partial charge in [-0.15, -0.1) is 0 Å². The monoisotopic (exact) mass is 341 g/mol. The van der Waals surface area contributed by atoms with E-state index in [0.717, 1.165) is 6.42 Å². The second-order valence-electron chi connectivity index (χ2n) is 6.15. The zero-order valence-corrected chi connectivity index (χ0v) is 14.8. The first-order valence-corrected chi connectivity index (χ1v) is 8.14. The van der Waals surface area contributed by atoms with Crippen molar-refractivity contribution in [3.8, 4) is 0 Å². The van der Waals surface area contributed by atoms with Gasteiger partial charge in [0.2, 0.25) is 5.91 Å². The minimum absolute atomic E-state index is 0.125. The number of hydrogen-bond acceptors (Lipinski definition) is 3. The molecule has 6 heteroatoms. The number of benzene rings is 1. The normalized spacial score (nSPS) is 10.4. The molecule has 1 N–H and O–H groups in total. The Kier molecular flexibility index (Phi) is 6.11. The number of nitrogens with zero attached hydrogens (tertiary/aromatic N) is 2. The molecule has 0 fully saturated rings. The van der Waals surface area contributed by atoms with Crippen LogP contribution in [0.5, 0.6) is 0 Å². The van der Waals surface area contributed by atoms with Crippen molar-refractivity contribution in [3.05, 3.63) is 64.1 Å². The van der Waals surface area contributed by atoms with Gasteiger partial charge in [0.25, 0.3) is 11.5 Å². The summed E-state index contributed by atoms with van der Waals surface area (Å²) in [5.74, 6) is -0.461. The van der Waals surface area contributed by atoms with Crippen LogP contribution in [0.4, 0.5) is 5.69 Å². The van der Waals surface area contributed by atoms with Gasteiger partial charge in [-0.3, -0.25) is 14.4 Å².